The standard InChI is InChI=1S/C58H56N2O4/c1-57(2,3)43-13-21-47(22-14-43)59(49-25-29-53(30-26-49)63-55-37-33-51(61-7)34-38-55)45-17-9-41(10-18-45)42-11-19-46(20-12-42)60(48-23-15-44(16-24-48)58(4,5)6)50-27-31-54(32-28-50)64-56-39-35-52(62-8)36-40-56/h9-40H,1-8H3. The lowest BCUT2D eigenvalue weighted by molar-refractivity contribution is 0.413. The van der Waals surface area contributed by atoms with Crippen LogP contribution in [-0.4, -0.2) is 14.2 Å². The van der Waals surface area contributed by atoms with Gasteiger partial charge in [-0.15, -0.1) is 0 Å². The van der Waals surface area contributed by atoms with Crippen molar-refractivity contribution < 1.29 is 18.9 Å². The van der Waals surface area contributed by atoms with Crippen LogP contribution in [0.25, 0.3) is 11.1 Å². The van der Waals surface area contributed by atoms with E-state index >= 15 is 0 Å². The largest absolute Gasteiger partial charge is 0.497 e. The third-order valence-electron chi connectivity index (χ3n) is 11.3. The van der Waals surface area contributed by atoms with E-state index in [4.69, 9.17) is 18.9 Å². The van der Waals surface area contributed by atoms with Gasteiger partial charge in [-0.2, -0.15) is 0 Å². The zero-order valence-corrected chi connectivity index (χ0v) is 38.0. The van der Waals surface area contributed by atoms with Gasteiger partial charge < -0.3 is 28.7 Å². The molecule has 0 amide bonds. The predicted octanol–water partition coefficient (Wildman–Crippen LogP) is 16.5. The van der Waals surface area contributed by atoms with Crippen molar-refractivity contribution in [2.75, 3.05) is 24.0 Å². The minimum absolute atomic E-state index is 0.0485. The highest BCUT2D eigenvalue weighted by Gasteiger charge is 2.19. The van der Waals surface area contributed by atoms with Gasteiger partial charge in [0.15, 0.2) is 0 Å². The maximum Gasteiger partial charge on any atom is 0.127 e. The van der Waals surface area contributed by atoms with Crippen molar-refractivity contribution in [3.8, 4) is 45.6 Å². The van der Waals surface area contributed by atoms with Gasteiger partial charge in [0.2, 0.25) is 0 Å². The Morgan fingerprint density at radius 3 is 0.703 bits per heavy atom. The van der Waals surface area contributed by atoms with Crippen molar-refractivity contribution in [3.63, 3.8) is 0 Å². The Bertz CT molecular complexity index is 2540. The fraction of sp³-hybridized carbons (Fsp3) is 0.172. The molecule has 0 heterocycles. The summed E-state index contributed by atoms with van der Waals surface area (Å²) in [5.74, 6) is 4.59. The molecule has 0 fully saturated rings. The lowest BCUT2D eigenvalue weighted by Gasteiger charge is -2.27. The molecule has 322 valence electrons. The summed E-state index contributed by atoms with van der Waals surface area (Å²) in [5, 5.41) is 0. The van der Waals surface area contributed by atoms with E-state index in [0.29, 0.717) is 0 Å². The summed E-state index contributed by atoms with van der Waals surface area (Å²) < 4.78 is 23.0. The van der Waals surface area contributed by atoms with Crippen molar-refractivity contribution in [1.29, 1.82) is 0 Å². The number of benzene rings is 8. The Morgan fingerprint density at radius 2 is 0.469 bits per heavy atom. The van der Waals surface area contributed by atoms with Crippen LogP contribution < -0.4 is 28.7 Å². The summed E-state index contributed by atoms with van der Waals surface area (Å²) in [5.41, 5.74) is 11.2. The summed E-state index contributed by atoms with van der Waals surface area (Å²) in [7, 11) is 3.32. The summed E-state index contributed by atoms with van der Waals surface area (Å²) in [6, 6.07) is 67.0. The van der Waals surface area contributed by atoms with Crippen LogP contribution in [0.1, 0.15) is 52.7 Å². The molecule has 8 aromatic carbocycles. The lowest BCUT2D eigenvalue weighted by atomic mass is 9.87. The minimum atomic E-state index is 0.0485. The molecule has 8 rings (SSSR count). The van der Waals surface area contributed by atoms with Crippen molar-refractivity contribution >= 4 is 34.1 Å². The summed E-state index contributed by atoms with van der Waals surface area (Å²) >= 11 is 0. The molecular weight excluding hydrogens is 789 g/mol. The first-order valence-corrected chi connectivity index (χ1v) is 21.7. The molecule has 0 aliphatic carbocycles. The fourth-order valence-electron chi connectivity index (χ4n) is 7.61. The van der Waals surface area contributed by atoms with E-state index in [-0.39, 0.29) is 10.8 Å². The van der Waals surface area contributed by atoms with Crippen LogP contribution in [0.4, 0.5) is 34.1 Å². The maximum absolute atomic E-state index is 6.18. The van der Waals surface area contributed by atoms with Gasteiger partial charge in [0.25, 0.3) is 0 Å². The van der Waals surface area contributed by atoms with Gasteiger partial charge in [0.1, 0.15) is 34.5 Å². The molecule has 0 saturated heterocycles. The number of rotatable bonds is 13. The van der Waals surface area contributed by atoms with Crippen molar-refractivity contribution in [1.82, 2.24) is 0 Å². The van der Waals surface area contributed by atoms with Crippen LogP contribution in [0.3, 0.4) is 0 Å². The number of anilines is 6. The molecule has 0 spiro atoms. The van der Waals surface area contributed by atoms with E-state index in [1.165, 1.54) is 11.1 Å². The molecule has 0 atom stereocenters. The second-order valence-electron chi connectivity index (χ2n) is 17.9. The Hall–Kier alpha value is -7.44. The zero-order chi connectivity index (χ0) is 44.8. The summed E-state index contributed by atoms with van der Waals surface area (Å²) in [6.07, 6.45) is 0. The summed E-state index contributed by atoms with van der Waals surface area (Å²) in [4.78, 5) is 4.57. The first-order valence-electron chi connectivity index (χ1n) is 21.7. The SMILES string of the molecule is COc1ccc(Oc2ccc(N(c3ccc(-c4ccc(N(c5ccc(Oc6ccc(OC)cc6)cc5)c5ccc(C(C)(C)C)cc5)cc4)cc3)c3ccc(C(C)(C)C)cc3)cc2)cc1. The van der Waals surface area contributed by atoms with E-state index in [1.807, 2.05) is 72.8 Å². The van der Waals surface area contributed by atoms with Crippen molar-refractivity contribution in [2.24, 2.45) is 0 Å². The van der Waals surface area contributed by atoms with Crippen LogP contribution in [0.2, 0.25) is 0 Å². The van der Waals surface area contributed by atoms with E-state index in [9.17, 15) is 0 Å². The molecule has 0 aliphatic heterocycles. The highest BCUT2D eigenvalue weighted by atomic mass is 16.5. The highest BCUT2D eigenvalue weighted by Crippen LogP contribution is 2.41. The number of methoxy groups -OCH3 is 2. The molecule has 0 N–H and O–H groups in total. The summed E-state index contributed by atoms with van der Waals surface area (Å²) in [6.45, 7) is 13.5. The first kappa shape index (κ1) is 43.2. The van der Waals surface area contributed by atoms with Gasteiger partial charge in [-0.25, -0.2) is 0 Å². The minimum Gasteiger partial charge on any atom is -0.497 e. The van der Waals surface area contributed by atoms with Gasteiger partial charge in [-0.1, -0.05) is 90.1 Å². The second-order valence-corrected chi connectivity index (χ2v) is 17.9. The van der Waals surface area contributed by atoms with Gasteiger partial charge in [-0.05, 0) is 179 Å². The number of nitrogens with zero attached hydrogens (tertiary/aromatic N) is 2. The Kier molecular flexibility index (Phi) is 12.5. The van der Waals surface area contributed by atoms with E-state index in [0.717, 1.165) is 79.7 Å². The first-order chi connectivity index (χ1) is 30.8. The number of ether oxygens (including phenoxy) is 4. The quantitative estimate of drug-likeness (QED) is 0.115. The van der Waals surface area contributed by atoms with Crippen LogP contribution in [0, 0.1) is 0 Å². The van der Waals surface area contributed by atoms with Crippen LogP contribution in [0.15, 0.2) is 194 Å². The van der Waals surface area contributed by atoms with Gasteiger partial charge in [0.05, 0.1) is 14.2 Å². The van der Waals surface area contributed by atoms with Crippen LogP contribution in [0.5, 0.6) is 34.5 Å². The Balaban J connectivity index is 1.07. The molecule has 0 saturated carbocycles. The molecule has 6 heteroatoms. The van der Waals surface area contributed by atoms with E-state index < -0.39 is 0 Å². The molecular formula is C58H56N2O4. The lowest BCUT2D eigenvalue weighted by Crippen LogP contribution is -2.13. The zero-order valence-electron chi connectivity index (χ0n) is 38.0. The monoisotopic (exact) mass is 844 g/mol. The maximum atomic E-state index is 6.18. The van der Waals surface area contributed by atoms with Gasteiger partial charge >= 0.3 is 0 Å². The molecule has 0 radical (unpaired) electrons. The highest BCUT2D eigenvalue weighted by molar-refractivity contribution is 5.81. The molecule has 64 heavy (non-hydrogen) atoms. The Morgan fingerprint density at radius 1 is 0.266 bits per heavy atom. The molecule has 8 aromatic rings. The van der Waals surface area contributed by atoms with Gasteiger partial charge in [-0.3, -0.25) is 0 Å². The number of hydrogen-bond acceptors (Lipinski definition) is 6. The van der Waals surface area contributed by atoms with E-state index in [2.05, 4.69) is 173 Å². The topological polar surface area (TPSA) is 43.4 Å². The second kappa shape index (κ2) is 18.5. The van der Waals surface area contributed by atoms with Crippen molar-refractivity contribution in [2.45, 2.75) is 52.4 Å². The fourth-order valence-corrected chi connectivity index (χ4v) is 7.61. The average Bonchev–Trinajstić information content (AvgIpc) is 3.31. The molecule has 6 nitrogen and oxygen atoms in total. The van der Waals surface area contributed by atoms with Crippen molar-refractivity contribution in [3.05, 3.63) is 205 Å². The molecule has 0 aliphatic rings. The molecule has 0 aromatic heterocycles. The number of hydrogen-bond donors (Lipinski definition) is 0. The van der Waals surface area contributed by atoms with Crippen LogP contribution in [-0.2, 0) is 10.8 Å². The normalized spacial score (nSPS) is 11.4. The third-order valence-corrected chi connectivity index (χ3v) is 11.3. The van der Waals surface area contributed by atoms with Gasteiger partial charge in [0, 0.05) is 34.1 Å². The smallest absolute Gasteiger partial charge is 0.127 e. The predicted molar refractivity (Wildman–Crippen MR) is 265 cm³/mol. The third kappa shape index (κ3) is 10.1. The Labute approximate surface area is 378 Å². The van der Waals surface area contributed by atoms with Crippen LogP contribution >= 0.6 is 0 Å². The van der Waals surface area contributed by atoms with E-state index in [1.54, 1.807) is 14.2 Å². The molecule has 0 bridgehead atoms. The average molecular weight is 845 g/mol. The molecule has 0 unspecified atom stereocenters.